The first-order valence-electron chi connectivity index (χ1n) is 10.9. The van der Waals surface area contributed by atoms with Gasteiger partial charge in [0.15, 0.2) is 0 Å². The molecule has 1 aliphatic heterocycles. The molecular formula is C23H36N4O2. The monoisotopic (exact) mass is 400 g/mol. The lowest BCUT2D eigenvalue weighted by molar-refractivity contribution is 0.0693. The molecule has 2 N–H and O–H groups in total. The van der Waals surface area contributed by atoms with Crippen molar-refractivity contribution in [3.63, 3.8) is 0 Å². The van der Waals surface area contributed by atoms with Crippen LogP contribution >= 0.6 is 0 Å². The second kappa shape index (κ2) is 11.3. The standard InChI is InChI=1S/C23H36N4O2/c1-19-14-20(2)27(25-19)13-10-24-16-21-8-7-9-23(15-21)29-18-22(28)17-26-11-5-3-4-6-12-26/h7-9,14-15,22,24,28H,3-6,10-13,16-18H2,1-2H3. The van der Waals surface area contributed by atoms with Crippen molar-refractivity contribution in [1.29, 1.82) is 0 Å². The summed E-state index contributed by atoms with van der Waals surface area (Å²) in [5.74, 6) is 0.817. The van der Waals surface area contributed by atoms with E-state index in [1.807, 2.05) is 23.7 Å². The van der Waals surface area contributed by atoms with Crippen molar-refractivity contribution in [1.82, 2.24) is 20.0 Å². The molecule has 0 aliphatic carbocycles. The van der Waals surface area contributed by atoms with E-state index in [-0.39, 0.29) is 0 Å². The Hall–Kier alpha value is -1.89. The summed E-state index contributed by atoms with van der Waals surface area (Å²) in [6, 6.07) is 10.2. The zero-order valence-electron chi connectivity index (χ0n) is 17.9. The topological polar surface area (TPSA) is 62.6 Å². The summed E-state index contributed by atoms with van der Waals surface area (Å²) in [4.78, 5) is 2.37. The number of aliphatic hydroxyl groups excluding tert-OH is 1. The number of aryl methyl sites for hydroxylation is 2. The number of nitrogens with one attached hydrogen (secondary N) is 1. The highest BCUT2D eigenvalue weighted by Gasteiger charge is 2.14. The minimum absolute atomic E-state index is 0.339. The Morgan fingerprint density at radius 1 is 1.14 bits per heavy atom. The molecule has 1 aromatic heterocycles. The van der Waals surface area contributed by atoms with E-state index < -0.39 is 6.10 Å². The van der Waals surface area contributed by atoms with Crippen LogP contribution in [0.3, 0.4) is 0 Å². The highest BCUT2D eigenvalue weighted by Crippen LogP contribution is 2.14. The molecule has 1 atom stereocenters. The minimum atomic E-state index is -0.448. The van der Waals surface area contributed by atoms with Crippen LogP contribution in [0.5, 0.6) is 5.75 Å². The van der Waals surface area contributed by atoms with Gasteiger partial charge in [-0.05, 0) is 63.5 Å². The number of β-amino-alcohol motifs (C(OH)–C–C–N with tert-alkyl or cyclic N) is 1. The fourth-order valence-electron chi connectivity index (χ4n) is 3.93. The molecule has 0 amide bonds. The van der Waals surface area contributed by atoms with E-state index in [4.69, 9.17) is 4.74 Å². The van der Waals surface area contributed by atoms with Crippen LogP contribution in [0.1, 0.15) is 42.6 Å². The van der Waals surface area contributed by atoms with Crippen molar-refractivity contribution in [3.8, 4) is 5.75 Å². The summed E-state index contributed by atoms with van der Waals surface area (Å²) in [5.41, 5.74) is 3.43. The van der Waals surface area contributed by atoms with Crippen molar-refractivity contribution in [2.24, 2.45) is 0 Å². The number of nitrogens with zero attached hydrogens (tertiary/aromatic N) is 3. The van der Waals surface area contributed by atoms with Gasteiger partial charge in [-0.15, -0.1) is 0 Å². The van der Waals surface area contributed by atoms with Gasteiger partial charge in [-0.1, -0.05) is 25.0 Å². The van der Waals surface area contributed by atoms with Crippen LogP contribution in [0, 0.1) is 13.8 Å². The Morgan fingerprint density at radius 3 is 2.66 bits per heavy atom. The molecule has 1 aromatic carbocycles. The van der Waals surface area contributed by atoms with E-state index >= 15 is 0 Å². The third kappa shape index (κ3) is 7.46. The van der Waals surface area contributed by atoms with Gasteiger partial charge in [0.25, 0.3) is 0 Å². The van der Waals surface area contributed by atoms with Crippen LogP contribution in [-0.4, -0.2) is 58.7 Å². The Kier molecular flexibility index (Phi) is 8.52. The van der Waals surface area contributed by atoms with Gasteiger partial charge >= 0.3 is 0 Å². The zero-order chi connectivity index (χ0) is 20.5. The third-order valence-corrected chi connectivity index (χ3v) is 5.44. The molecule has 1 aliphatic rings. The lowest BCUT2D eigenvalue weighted by Gasteiger charge is -2.23. The largest absolute Gasteiger partial charge is 0.491 e. The molecular weight excluding hydrogens is 364 g/mol. The smallest absolute Gasteiger partial charge is 0.119 e. The normalized spacial score (nSPS) is 16.5. The molecule has 0 spiro atoms. The molecule has 6 nitrogen and oxygen atoms in total. The number of benzene rings is 1. The van der Waals surface area contributed by atoms with Crippen LogP contribution < -0.4 is 10.1 Å². The summed E-state index contributed by atoms with van der Waals surface area (Å²) in [6.45, 7) is 9.84. The van der Waals surface area contributed by atoms with Gasteiger partial charge in [-0.25, -0.2) is 0 Å². The van der Waals surface area contributed by atoms with Crippen molar-refractivity contribution in [3.05, 3.63) is 47.3 Å². The molecule has 1 unspecified atom stereocenters. The van der Waals surface area contributed by atoms with Crippen LogP contribution in [-0.2, 0) is 13.1 Å². The predicted octanol–water partition coefficient (Wildman–Crippen LogP) is 2.91. The number of aliphatic hydroxyl groups is 1. The minimum Gasteiger partial charge on any atom is -0.491 e. The zero-order valence-corrected chi connectivity index (χ0v) is 17.9. The number of hydrogen-bond donors (Lipinski definition) is 2. The quantitative estimate of drug-likeness (QED) is 0.601. The summed E-state index contributed by atoms with van der Waals surface area (Å²) in [6.07, 6.45) is 4.65. The maximum Gasteiger partial charge on any atom is 0.119 e. The molecule has 1 fully saturated rings. The molecule has 2 heterocycles. The second-order valence-electron chi connectivity index (χ2n) is 8.15. The Morgan fingerprint density at radius 2 is 1.93 bits per heavy atom. The van der Waals surface area contributed by atoms with Crippen LogP contribution in [0.2, 0.25) is 0 Å². The SMILES string of the molecule is Cc1cc(C)n(CCNCc2cccc(OCC(O)CN3CCCCCC3)c2)n1. The van der Waals surface area contributed by atoms with Gasteiger partial charge in [0.05, 0.1) is 12.2 Å². The number of aromatic nitrogens is 2. The number of hydrogen-bond acceptors (Lipinski definition) is 5. The molecule has 160 valence electrons. The van der Waals surface area contributed by atoms with E-state index in [0.29, 0.717) is 13.2 Å². The Bertz CT molecular complexity index is 738. The first-order chi connectivity index (χ1) is 14.1. The van der Waals surface area contributed by atoms with E-state index in [1.54, 1.807) is 0 Å². The molecule has 2 aromatic rings. The molecule has 6 heteroatoms. The van der Waals surface area contributed by atoms with Gasteiger partial charge in [0.2, 0.25) is 0 Å². The number of rotatable bonds is 10. The molecule has 0 bridgehead atoms. The Balaban J connectivity index is 1.37. The van der Waals surface area contributed by atoms with Gasteiger partial charge in [-0.3, -0.25) is 4.68 Å². The van der Waals surface area contributed by atoms with Crippen molar-refractivity contribution in [2.75, 3.05) is 32.8 Å². The first-order valence-corrected chi connectivity index (χ1v) is 10.9. The Labute approximate surface area is 174 Å². The number of ether oxygens (including phenoxy) is 1. The van der Waals surface area contributed by atoms with Gasteiger partial charge in [0, 0.05) is 25.3 Å². The lowest BCUT2D eigenvalue weighted by atomic mass is 10.2. The maximum absolute atomic E-state index is 10.3. The first kappa shape index (κ1) is 21.8. The third-order valence-electron chi connectivity index (χ3n) is 5.44. The van der Waals surface area contributed by atoms with Crippen LogP contribution in [0.25, 0.3) is 0 Å². The predicted molar refractivity (Wildman–Crippen MR) is 116 cm³/mol. The highest BCUT2D eigenvalue weighted by molar-refractivity contribution is 5.28. The molecule has 3 rings (SSSR count). The van der Waals surface area contributed by atoms with E-state index in [0.717, 1.165) is 44.2 Å². The van der Waals surface area contributed by atoms with Crippen molar-refractivity contribution >= 4 is 0 Å². The van der Waals surface area contributed by atoms with Gasteiger partial charge in [-0.2, -0.15) is 5.10 Å². The van der Waals surface area contributed by atoms with Crippen molar-refractivity contribution in [2.45, 2.75) is 58.7 Å². The van der Waals surface area contributed by atoms with E-state index in [9.17, 15) is 5.11 Å². The van der Waals surface area contributed by atoms with Gasteiger partial charge < -0.3 is 20.1 Å². The average Bonchev–Trinajstić information content (AvgIpc) is 2.87. The molecule has 29 heavy (non-hydrogen) atoms. The molecule has 0 saturated carbocycles. The summed E-state index contributed by atoms with van der Waals surface area (Å²) < 4.78 is 7.89. The lowest BCUT2D eigenvalue weighted by Crippen LogP contribution is -2.36. The summed E-state index contributed by atoms with van der Waals surface area (Å²) in [5, 5.41) is 18.3. The molecule has 1 saturated heterocycles. The van der Waals surface area contributed by atoms with E-state index in [2.05, 4.69) is 40.4 Å². The molecule has 0 radical (unpaired) electrons. The second-order valence-corrected chi connectivity index (χ2v) is 8.15. The van der Waals surface area contributed by atoms with Crippen LogP contribution in [0.4, 0.5) is 0 Å². The van der Waals surface area contributed by atoms with Crippen LogP contribution in [0.15, 0.2) is 30.3 Å². The fraction of sp³-hybridized carbons (Fsp3) is 0.609. The highest BCUT2D eigenvalue weighted by atomic mass is 16.5. The fourth-order valence-corrected chi connectivity index (χ4v) is 3.93. The maximum atomic E-state index is 10.3. The average molecular weight is 401 g/mol. The van der Waals surface area contributed by atoms with Gasteiger partial charge in [0.1, 0.15) is 18.5 Å². The summed E-state index contributed by atoms with van der Waals surface area (Å²) >= 11 is 0. The van der Waals surface area contributed by atoms with Crippen molar-refractivity contribution < 1.29 is 9.84 Å². The van der Waals surface area contributed by atoms with E-state index in [1.165, 1.54) is 36.9 Å². The number of likely N-dealkylation sites (tertiary alicyclic amines) is 1. The summed E-state index contributed by atoms with van der Waals surface area (Å²) in [7, 11) is 0.